The van der Waals surface area contributed by atoms with Crippen LogP contribution in [0.2, 0.25) is 0 Å². The van der Waals surface area contributed by atoms with E-state index >= 15 is 0 Å². The van der Waals surface area contributed by atoms with Crippen molar-refractivity contribution < 1.29 is 17.9 Å². The van der Waals surface area contributed by atoms with Crippen molar-refractivity contribution in [2.75, 3.05) is 13.2 Å². The van der Waals surface area contributed by atoms with Gasteiger partial charge in [-0.3, -0.25) is 0 Å². The lowest BCUT2D eigenvalue weighted by Crippen LogP contribution is -2.32. The Morgan fingerprint density at radius 1 is 1.44 bits per heavy atom. The zero-order valence-corrected chi connectivity index (χ0v) is 10.9. The van der Waals surface area contributed by atoms with E-state index in [0.717, 1.165) is 18.9 Å². The van der Waals surface area contributed by atoms with Crippen LogP contribution in [-0.4, -0.2) is 26.7 Å². The summed E-state index contributed by atoms with van der Waals surface area (Å²) in [5.41, 5.74) is 0.341. The second kappa shape index (κ2) is 4.60. The van der Waals surface area contributed by atoms with Crippen molar-refractivity contribution in [3.8, 4) is 0 Å². The summed E-state index contributed by atoms with van der Waals surface area (Å²) >= 11 is 0. The Hall–Kier alpha value is -0.980. The fourth-order valence-corrected chi connectivity index (χ4v) is 3.03. The van der Waals surface area contributed by atoms with Crippen LogP contribution in [0, 0.1) is 18.2 Å². The first-order valence-electron chi connectivity index (χ1n) is 5.75. The average molecular weight is 273 g/mol. The molecule has 0 atom stereocenters. The van der Waals surface area contributed by atoms with Crippen LogP contribution in [-0.2, 0) is 10.0 Å². The maximum Gasteiger partial charge on any atom is 0.243 e. The minimum absolute atomic E-state index is 0.0498. The molecule has 18 heavy (non-hydrogen) atoms. The van der Waals surface area contributed by atoms with Gasteiger partial charge in [0.15, 0.2) is 0 Å². The highest BCUT2D eigenvalue weighted by molar-refractivity contribution is 7.89. The number of benzene rings is 1. The maximum absolute atomic E-state index is 13.5. The molecule has 1 aliphatic carbocycles. The predicted molar refractivity (Wildman–Crippen MR) is 65.1 cm³/mol. The van der Waals surface area contributed by atoms with Crippen LogP contribution in [0.15, 0.2) is 23.1 Å². The van der Waals surface area contributed by atoms with Crippen LogP contribution in [0.25, 0.3) is 0 Å². The van der Waals surface area contributed by atoms with Gasteiger partial charge >= 0.3 is 0 Å². The third-order valence-electron chi connectivity index (χ3n) is 3.31. The fraction of sp³-hybridized carbons (Fsp3) is 0.500. The first-order valence-corrected chi connectivity index (χ1v) is 7.24. The zero-order chi connectivity index (χ0) is 13.4. The molecule has 0 radical (unpaired) electrons. The Balaban J connectivity index is 2.18. The summed E-state index contributed by atoms with van der Waals surface area (Å²) < 4.78 is 39.8. The highest BCUT2D eigenvalue weighted by Gasteiger charge is 2.42. The molecule has 6 heteroatoms. The number of sulfonamides is 1. The quantitative estimate of drug-likeness (QED) is 0.846. The minimum Gasteiger partial charge on any atom is -0.396 e. The van der Waals surface area contributed by atoms with E-state index in [4.69, 9.17) is 5.11 Å². The van der Waals surface area contributed by atoms with Crippen LogP contribution >= 0.6 is 0 Å². The van der Waals surface area contributed by atoms with E-state index in [1.54, 1.807) is 6.92 Å². The summed E-state index contributed by atoms with van der Waals surface area (Å²) in [6, 6.07) is 3.96. The van der Waals surface area contributed by atoms with E-state index in [1.165, 1.54) is 12.1 Å². The van der Waals surface area contributed by atoms with Crippen molar-refractivity contribution in [1.29, 1.82) is 0 Å². The predicted octanol–water partition coefficient (Wildman–Crippen LogP) is 1.18. The highest BCUT2D eigenvalue weighted by Crippen LogP contribution is 2.44. The molecule has 0 unspecified atom stereocenters. The molecule has 0 aromatic heterocycles. The van der Waals surface area contributed by atoms with Crippen LogP contribution in [0.1, 0.15) is 18.4 Å². The molecular formula is C12H16FNO3S. The van der Waals surface area contributed by atoms with E-state index < -0.39 is 15.8 Å². The summed E-state index contributed by atoms with van der Waals surface area (Å²) in [5.74, 6) is -0.762. The Morgan fingerprint density at radius 3 is 2.67 bits per heavy atom. The molecule has 0 aliphatic heterocycles. The summed E-state index contributed by atoms with van der Waals surface area (Å²) in [6.45, 7) is 1.81. The molecule has 1 saturated carbocycles. The van der Waals surface area contributed by atoms with Crippen molar-refractivity contribution in [2.24, 2.45) is 5.41 Å². The molecular weight excluding hydrogens is 257 g/mol. The number of halogens is 1. The zero-order valence-electron chi connectivity index (χ0n) is 10.1. The molecule has 1 fully saturated rings. The first-order chi connectivity index (χ1) is 8.38. The molecule has 1 aromatic rings. The molecule has 1 aliphatic rings. The van der Waals surface area contributed by atoms with Gasteiger partial charge in [-0.15, -0.1) is 0 Å². The van der Waals surface area contributed by atoms with Gasteiger partial charge in [-0.25, -0.2) is 17.5 Å². The largest absolute Gasteiger partial charge is 0.396 e. The monoisotopic (exact) mass is 273 g/mol. The number of hydrogen-bond donors (Lipinski definition) is 2. The molecule has 4 nitrogen and oxygen atoms in total. The smallest absolute Gasteiger partial charge is 0.243 e. The van der Waals surface area contributed by atoms with Gasteiger partial charge in [-0.2, -0.15) is 0 Å². The van der Waals surface area contributed by atoms with Crippen molar-refractivity contribution in [3.63, 3.8) is 0 Å². The highest BCUT2D eigenvalue weighted by atomic mass is 32.2. The van der Waals surface area contributed by atoms with E-state index in [2.05, 4.69) is 4.72 Å². The Bertz CT molecular complexity index is 552. The number of aryl methyl sites for hydroxylation is 1. The van der Waals surface area contributed by atoms with E-state index in [-0.39, 0.29) is 23.5 Å². The summed E-state index contributed by atoms with van der Waals surface area (Å²) in [6.07, 6.45) is 1.59. The third-order valence-corrected chi connectivity index (χ3v) is 4.72. The summed E-state index contributed by atoms with van der Waals surface area (Å²) in [5, 5.41) is 9.11. The number of aliphatic hydroxyl groups excluding tert-OH is 1. The molecule has 0 bridgehead atoms. The molecule has 0 spiro atoms. The molecule has 2 rings (SSSR count). The average Bonchev–Trinajstić information content (AvgIpc) is 3.11. The van der Waals surface area contributed by atoms with Gasteiger partial charge < -0.3 is 5.11 Å². The number of rotatable bonds is 5. The van der Waals surface area contributed by atoms with Crippen molar-refractivity contribution >= 4 is 10.0 Å². The normalized spacial score (nSPS) is 17.7. The molecule has 2 N–H and O–H groups in total. The Kier molecular flexibility index (Phi) is 3.44. The number of nitrogens with one attached hydrogen (secondary N) is 1. The lowest BCUT2D eigenvalue weighted by molar-refractivity contribution is 0.213. The summed E-state index contributed by atoms with van der Waals surface area (Å²) in [7, 11) is -3.85. The van der Waals surface area contributed by atoms with Gasteiger partial charge in [0.05, 0.1) is 0 Å². The third kappa shape index (κ3) is 2.71. The lowest BCUT2D eigenvalue weighted by atomic mass is 10.1. The molecule has 1 aromatic carbocycles. The van der Waals surface area contributed by atoms with Gasteiger partial charge in [0.2, 0.25) is 10.0 Å². The maximum atomic E-state index is 13.5. The van der Waals surface area contributed by atoms with Crippen molar-refractivity contribution in [3.05, 3.63) is 29.6 Å². The number of aliphatic hydroxyl groups is 1. The van der Waals surface area contributed by atoms with Crippen LogP contribution < -0.4 is 4.72 Å². The minimum atomic E-state index is -3.85. The lowest BCUT2D eigenvalue weighted by Gasteiger charge is -2.13. The topological polar surface area (TPSA) is 66.4 Å². The fourth-order valence-electron chi connectivity index (χ4n) is 1.71. The first kappa shape index (κ1) is 13.5. The van der Waals surface area contributed by atoms with Gasteiger partial charge in [-0.1, -0.05) is 6.07 Å². The Morgan fingerprint density at radius 2 is 2.11 bits per heavy atom. The van der Waals surface area contributed by atoms with Gasteiger partial charge in [-0.05, 0) is 37.5 Å². The second-order valence-electron chi connectivity index (χ2n) is 4.92. The van der Waals surface area contributed by atoms with Crippen LogP contribution in [0.3, 0.4) is 0 Å². The second-order valence-corrected chi connectivity index (χ2v) is 6.65. The Labute approximate surface area is 106 Å². The number of hydrogen-bond acceptors (Lipinski definition) is 3. The standard InChI is InChI=1S/C12H16FNO3S/c1-9-2-3-10(13)11(6-9)18(16,17)14-7-12(8-15)4-5-12/h2-3,6,14-15H,4-5,7-8H2,1H3. The van der Waals surface area contributed by atoms with Gasteiger partial charge in [0, 0.05) is 18.6 Å². The summed E-state index contributed by atoms with van der Waals surface area (Å²) in [4.78, 5) is -0.337. The van der Waals surface area contributed by atoms with Crippen molar-refractivity contribution in [2.45, 2.75) is 24.7 Å². The van der Waals surface area contributed by atoms with E-state index in [0.29, 0.717) is 5.56 Å². The molecule has 100 valence electrons. The molecule has 0 saturated heterocycles. The van der Waals surface area contributed by atoms with Crippen LogP contribution in [0.5, 0.6) is 0 Å². The van der Waals surface area contributed by atoms with Crippen molar-refractivity contribution in [1.82, 2.24) is 4.72 Å². The molecule has 0 amide bonds. The van der Waals surface area contributed by atoms with E-state index in [1.807, 2.05) is 0 Å². The molecule has 0 heterocycles. The van der Waals surface area contributed by atoms with E-state index in [9.17, 15) is 12.8 Å². The van der Waals surface area contributed by atoms with Gasteiger partial charge in [0.1, 0.15) is 10.7 Å². The van der Waals surface area contributed by atoms with Gasteiger partial charge in [0.25, 0.3) is 0 Å². The van der Waals surface area contributed by atoms with Crippen LogP contribution in [0.4, 0.5) is 4.39 Å². The SMILES string of the molecule is Cc1ccc(F)c(S(=O)(=O)NCC2(CO)CC2)c1.